The third kappa shape index (κ3) is 2.69. The van der Waals surface area contributed by atoms with Gasteiger partial charge in [0.2, 0.25) is 0 Å². The molecule has 0 spiro atoms. The maximum atomic E-state index is 12.7. The molecule has 8 nitrogen and oxygen atoms in total. The molecule has 0 aliphatic carbocycles. The van der Waals surface area contributed by atoms with Gasteiger partial charge < -0.3 is 15.1 Å². The van der Waals surface area contributed by atoms with Gasteiger partial charge in [-0.3, -0.25) is 9.36 Å². The Morgan fingerprint density at radius 2 is 2.10 bits per heavy atom. The van der Waals surface area contributed by atoms with Crippen molar-refractivity contribution in [2.24, 2.45) is 5.16 Å². The molecule has 0 amide bonds. The minimum Gasteiger partial charge on any atom is -0.411 e. The molecule has 0 aromatic carbocycles. The number of oxime groups is 1. The van der Waals surface area contributed by atoms with Gasteiger partial charge in [0, 0.05) is 18.7 Å². The Hall–Kier alpha value is -2.14. The molecular weight excluding hydrogens is 299 g/mol. The Balaban J connectivity index is 2.49. The number of rotatable bonds is 2. The van der Waals surface area contributed by atoms with Gasteiger partial charge in [-0.1, -0.05) is 5.16 Å². The molecule has 1 aromatic rings. The first-order valence-electron chi connectivity index (χ1n) is 5.68. The molecule has 1 fully saturated rings. The third-order valence-corrected chi connectivity index (χ3v) is 2.95. The molecule has 116 valence electrons. The van der Waals surface area contributed by atoms with Crippen LogP contribution in [-0.2, 0) is 11.0 Å². The number of aliphatic hydroxyl groups is 1. The number of hydrogen-bond donors (Lipinski definition) is 2. The topological polar surface area (TPSA) is 106 Å². The highest BCUT2D eigenvalue weighted by Crippen LogP contribution is 2.25. The minimum atomic E-state index is -5.17. The quantitative estimate of drug-likeness (QED) is 0.571. The van der Waals surface area contributed by atoms with Gasteiger partial charge in [-0.05, 0) is 0 Å². The standard InChI is InChI=1S/C10H10F3N3O5/c11-10(12,13)16-7(18)1-2-15(9(16)19)8-3-5(14-20)6(4-17)21-8/h1-2,6,8,17,20H,3-4H2/b14-5-. The van der Waals surface area contributed by atoms with Gasteiger partial charge in [-0.2, -0.15) is 4.57 Å². The molecule has 1 aliphatic rings. The van der Waals surface area contributed by atoms with Crippen LogP contribution in [0.5, 0.6) is 0 Å². The van der Waals surface area contributed by atoms with Crippen LogP contribution < -0.4 is 11.2 Å². The number of alkyl halides is 3. The highest BCUT2D eigenvalue weighted by molar-refractivity contribution is 5.90. The van der Waals surface area contributed by atoms with Gasteiger partial charge in [0.1, 0.15) is 12.3 Å². The van der Waals surface area contributed by atoms with E-state index in [1.54, 1.807) is 0 Å². The van der Waals surface area contributed by atoms with Crippen molar-refractivity contribution in [2.45, 2.75) is 25.1 Å². The third-order valence-electron chi connectivity index (χ3n) is 2.95. The van der Waals surface area contributed by atoms with E-state index in [9.17, 15) is 22.8 Å². The summed E-state index contributed by atoms with van der Waals surface area (Å²) in [7, 11) is 0. The summed E-state index contributed by atoms with van der Waals surface area (Å²) in [5.74, 6) is 0. The molecule has 1 saturated heterocycles. The van der Waals surface area contributed by atoms with E-state index in [1.165, 1.54) is 0 Å². The van der Waals surface area contributed by atoms with E-state index in [1.807, 2.05) is 0 Å². The predicted octanol–water partition coefficient (Wildman–Crippen LogP) is -0.404. The Labute approximate surface area is 114 Å². The highest BCUT2D eigenvalue weighted by Gasteiger charge is 2.38. The van der Waals surface area contributed by atoms with Gasteiger partial charge in [0.15, 0.2) is 0 Å². The van der Waals surface area contributed by atoms with E-state index < -0.39 is 41.1 Å². The number of hydrogen-bond acceptors (Lipinski definition) is 6. The van der Waals surface area contributed by atoms with E-state index in [0.29, 0.717) is 10.6 Å². The van der Waals surface area contributed by atoms with Crippen LogP contribution >= 0.6 is 0 Å². The van der Waals surface area contributed by atoms with Crippen LogP contribution in [0.25, 0.3) is 0 Å². The van der Waals surface area contributed by atoms with Crippen molar-refractivity contribution in [1.29, 1.82) is 0 Å². The molecule has 2 N–H and O–H groups in total. The van der Waals surface area contributed by atoms with Crippen molar-refractivity contribution in [3.63, 3.8) is 0 Å². The lowest BCUT2D eigenvalue weighted by atomic mass is 10.2. The van der Waals surface area contributed by atoms with Crippen molar-refractivity contribution in [2.75, 3.05) is 6.61 Å². The molecule has 2 atom stereocenters. The number of aromatic nitrogens is 2. The lowest BCUT2D eigenvalue weighted by Crippen LogP contribution is -2.46. The van der Waals surface area contributed by atoms with Crippen molar-refractivity contribution < 1.29 is 28.2 Å². The second kappa shape index (κ2) is 5.33. The normalized spacial score (nSPS) is 24.7. The van der Waals surface area contributed by atoms with Crippen molar-refractivity contribution in [3.8, 4) is 0 Å². The number of ether oxygens (including phenoxy) is 1. The number of halogens is 3. The molecule has 2 heterocycles. The number of nitrogens with zero attached hydrogens (tertiary/aromatic N) is 3. The van der Waals surface area contributed by atoms with Crippen LogP contribution in [0.4, 0.5) is 13.2 Å². The van der Waals surface area contributed by atoms with E-state index in [2.05, 4.69) is 5.16 Å². The average molecular weight is 309 g/mol. The van der Waals surface area contributed by atoms with Crippen LogP contribution in [0.2, 0.25) is 0 Å². The molecule has 11 heteroatoms. The first kappa shape index (κ1) is 15.3. The molecule has 0 saturated carbocycles. The summed E-state index contributed by atoms with van der Waals surface area (Å²) in [6.07, 6.45) is -6.75. The van der Waals surface area contributed by atoms with Crippen molar-refractivity contribution in [1.82, 2.24) is 9.13 Å². The SMILES string of the molecule is O=c1ccn(C2C/C(=N/O)C(CO)O2)c(=O)n1C(F)(F)F. The van der Waals surface area contributed by atoms with Gasteiger partial charge >= 0.3 is 12.0 Å². The predicted molar refractivity (Wildman–Crippen MR) is 61.1 cm³/mol. The van der Waals surface area contributed by atoms with Crippen LogP contribution in [-0.4, -0.2) is 37.9 Å². The molecule has 0 bridgehead atoms. The Kier molecular flexibility index (Phi) is 3.87. The van der Waals surface area contributed by atoms with E-state index in [4.69, 9.17) is 15.1 Å². The zero-order valence-electron chi connectivity index (χ0n) is 10.3. The van der Waals surface area contributed by atoms with Gasteiger partial charge in [-0.15, -0.1) is 13.2 Å². The summed E-state index contributed by atoms with van der Waals surface area (Å²) in [4.78, 5) is 23.0. The summed E-state index contributed by atoms with van der Waals surface area (Å²) in [6.45, 7) is -0.566. The fraction of sp³-hybridized carbons (Fsp3) is 0.500. The number of aliphatic hydroxyl groups excluding tert-OH is 1. The fourth-order valence-corrected chi connectivity index (χ4v) is 1.99. The smallest absolute Gasteiger partial charge is 0.411 e. The van der Waals surface area contributed by atoms with Crippen molar-refractivity contribution >= 4 is 5.71 Å². The van der Waals surface area contributed by atoms with E-state index in [-0.39, 0.29) is 12.1 Å². The van der Waals surface area contributed by atoms with Crippen LogP contribution in [0.3, 0.4) is 0 Å². The molecule has 1 aliphatic heterocycles. The van der Waals surface area contributed by atoms with Crippen molar-refractivity contribution in [3.05, 3.63) is 33.1 Å². The molecule has 1 aromatic heterocycles. The minimum absolute atomic E-state index is 0.0147. The van der Waals surface area contributed by atoms with Gasteiger partial charge in [0.25, 0.3) is 5.56 Å². The lowest BCUT2D eigenvalue weighted by molar-refractivity contribution is -0.210. The second-order valence-corrected chi connectivity index (χ2v) is 4.20. The van der Waals surface area contributed by atoms with Crippen LogP contribution in [0.1, 0.15) is 12.6 Å². The maximum absolute atomic E-state index is 12.7. The molecular formula is C10H10F3N3O5. The van der Waals surface area contributed by atoms with Gasteiger partial charge in [-0.25, -0.2) is 4.79 Å². The summed E-state index contributed by atoms with van der Waals surface area (Å²) < 4.78 is 42.8. The van der Waals surface area contributed by atoms with E-state index in [0.717, 1.165) is 6.20 Å². The largest absolute Gasteiger partial charge is 0.495 e. The Morgan fingerprint density at radius 1 is 1.43 bits per heavy atom. The molecule has 2 unspecified atom stereocenters. The first-order valence-corrected chi connectivity index (χ1v) is 5.68. The summed E-state index contributed by atoms with van der Waals surface area (Å²) in [6, 6.07) is 0.570. The monoisotopic (exact) mass is 309 g/mol. The fourth-order valence-electron chi connectivity index (χ4n) is 1.99. The Bertz CT molecular complexity index is 678. The second-order valence-electron chi connectivity index (χ2n) is 4.20. The highest BCUT2D eigenvalue weighted by atomic mass is 19.4. The van der Waals surface area contributed by atoms with Crippen LogP contribution in [0.15, 0.2) is 27.0 Å². The summed E-state index contributed by atoms with van der Waals surface area (Å²) >= 11 is 0. The molecule has 2 rings (SSSR count). The van der Waals surface area contributed by atoms with E-state index >= 15 is 0 Å². The average Bonchev–Trinajstić information content (AvgIpc) is 2.80. The zero-order chi connectivity index (χ0) is 15.8. The summed E-state index contributed by atoms with van der Waals surface area (Å²) in [5, 5.41) is 20.6. The summed E-state index contributed by atoms with van der Waals surface area (Å²) in [5.41, 5.74) is -3.16. The zero-order valence-corrected chi connectivity index (χ0v) is 10.3. The molecule has 21 heavy (non-hydrogen) atoms. The van der Waals surface area contributed by atoms with Crippen LogP contribution in [0, 0.1) is 0 Å². The lowest BCUT2D eigenvalue weighted by Gasteiger charge is -2.16. The first-order chi connectivity index (χ1) is 9.79. The Morgan fingerprint density at radius 3 is 2.57 bits per heavy atom. The maximum Gasteiger partial charge on any atom is 0.495 e. The van der Waals surface area contributed by atoms with Gasteiger partial charge in [0.05, 0.1) is 12.3 Å². The molecule has 0 radical (unpaired) electrons.